The van der Waals surface area contributed by atoms with Crippen LogP contribution >= 0.6 is 0 Å². The fourth-order valence-electron chi connectivity index (χ4n) is 5.88. The highest BCUT2D eigenvalue weighted by atomic mass is 16.5. The third-order valence-corrected chi connectivity index (χ3v) is 7.71. The van der Waals surface area contributed by atoms with Crippen LogP contribution in [0.25, 0.3) is 0 Å². The number of piperidine rings is 1. The molecule has 0 amide bonds. The summed E-state index contributed by atoms with van der Waals surface area (Å²) < 4.78 is 11.3. The largest absolute Gasteiger partial charge is 0.467 e. The lowest BCUT2D eigenvalue weighted by atomic mass is 9.96. The number of benzene rings is 1. The van der Waals surface area contributed by atoms with E-state index in [1.165, 1.54) is 35.2 Å². The molecule has 2 fully saturated rings. The van der Waals surface area contributed by atoms with Gasteiger partial charge in [-0.2, -0.15) is 9.97 Å². The van der Waals surface area contributed by atoms with Crippen LogP contribution in [0.15, 0.2) is 18.2 Å². The molecule has 0 radical (unpaired) electrons. The Bertz CT molecular complexity index is 978. The van der Waals surface area contributed by atoms with Gasteiger partial charge in [0.05, 0.1) is 18.9 Å². The van der Waals surface area contributed by atoms with Crippen molar-refractivity contribution in [3.8, 4) is 6.01 Å². The minimum atomic E-state index is 0.362. The number of ether oxygens (including phenoxy) is 2. The molecule has 32 heavy (non-hydrogen) atoms. The molecular weight excluding hydrogens is 400 g/mol. The molecule has 0 aliphatic carbocycles. The number of hydrogen-bond donors (Lipinski definition) is 0. The number of hydrogen-bond acceptors (Lipinski definition) is 6. The number of anilines is 2. The first kappa shape index (κ1) is 21.5. The lowest BCUT2D eigenvalue weighted by molar-refractivity contribution is 0.0681. The molecule has 3 aliphatic heterocycles. The van der Waals surface area contributed by atoms with Gasteiger partial charge in [0.15, 0.2) is 0 Å². The molecule has 1 aromatic heterocycles. The molecule has 1 aromatic carbocycles. The maximum absolute atomic E-state index is 5.74. The number of fused-ring (bicyclic) bond motifs is 3. The van der Waals surface area contributed by atoms with Crippen LogP contribution in [0.2, 0.25) is 0 Å². The van der Waals surface area contributed by atoms with E-state index in [1.54, 1.807) is 7.11 Å². The highest BCUT2D eigenvalue weighted by molar-refractivity contribution is 5.61. The van der Waals surface area contributed by atoms with E-state index in [0.29, 0.717) is 30.1 Å². The summed E-state index contributed by atoms with van der Waals surface area (Å²) in [6, 6.07) is 8.38. The Morgan fingerprint density at radius 3 is 2.47 bits per heavy atom. The summed E-state index contributed by atoms with van der Waals surface area (Å²) in [7, 11) is 3.52. The zero-order chi connectivity index (χ0) is 22.4. The van der Waals surface area contributed by atoms with E-state index in [1.807, 2.05) is 7.11 Å². The van der Waals surface area contributed by atoms with Crippen LogP contribution < -0.4 is 14.5 Å². The van der Waals surface area contributed by atoms with E-state index in [-0.39, 0.29) is 0 Å². The molecule has 2 bridgehead atoms. The van der Waals surface area contributed by atoms with Gasteiger partial charge in [-0.1, -0.05) is 26.0 Å². The molecule has 0 saturated carbocycles. The average molecular weight is 437 g/mol. The first-order valence-corrected chi connectivity index (χ1v) is 12.1. The molecule has 172 valence electrons. The molecule has 0 N–H and O–H groups in total. The minimum Gasteiger partial charge on any atom is -0.467 e. The van der Waals surface area contributed by atoms with Gasteiger partial charge in [-0.25, -0.2) is 0 Å². The second-order valence-corrected chi connectivity index (χ2v) is 9.95. The van der Waals surface area contributed by atoms with Crippen molar-refractivity contribution in [1.82, 2.24) is 9.97 Å². The van der Waals surface area contributed by atoms with Crippen molar-refractivity contribution in [2.75, 3.05) is 30.6 Å². The van der Waals surface area contributed by atoms with Gasteiger partial charge < -0.3 is 19.3 Å². The molecule has 6 heteroatoms. The molecular formula is C26H36N4O2. The lowest BCUT2D eigenvalue weighted by Gasteiger charge is -2.41. The Balaban J connectivity index is 1.52. The third-order valence-electron chi connectivity index (χ3n) is 7.71. The van der Waals surface area contributed by atoms with E-state index >= 15 is 0 Å². The predicted molar refractivity (Wildman–Crippen MR) is 128 cm³/mol. The Kier molecular flexibility index (Phi) is 5.74. The highest BCUT2D eigenvalue weighted by Crippen LogP contribution is 2.43. The van der Waals surface area contributed by atoms with Crippen molar-refractivity contribution in [3.05, 3.63) is 40.6 Å². The first-order valence-electron chi connectivity index (χ1n) is 12.1. The summed E-state index contributed by atoms with van der Waals surface area (Å²) in [4.78, 5) is 14.8. The molecule has 4 heterocycles. The van der Waals surface area contributed by atoms with E-state index in [2.05, 4.69) is 48.8 Å². The highest BCUT2D eigenvalue weighted by Gasteiger charge is 2.43. The normalized spacial score (nSPS) is 24.8. The smallest absolute Gasteiger partial charge is 0.318 e. The topological polar surface area (TPSA) is 50.7 Å². The summed E-state index contributed by atoms with van der Waals surface area (Å²) in [5.74, 6) is 1.61. The van der Waals surface area contributed by atoms with Crippen LogP contribution in [0, 0.1) is 6.92 Å². The molecule has 0 spiro atoms. The molecule has 2 saturated heterocycles. The molecule has 3 atom stereocenters. The summed E-state index contributed by atoms with van der Waals surface area (Å²) in [6.45, 7) is 8.56. The van der Waals surface area contributed by atoms with Crippen LogP contribution in [0.4, 0.5) is 11.5 Å². The number of methoxy groups -OCH3 is 2. The zero-order valence-corrected chi connectivity index (χ0v) is 20.1. The van der Waals surface area contributed by atoms with Gasteiger partial charge in [0, 0.05) is 50.0 Å². The number of nitrogens with zero attached hydrogens (tertiary/aromatic N) is 4. The summed E-state index contributed by atoms with van der Waals surface area (Å²) >= 11 is 0. The van der Waals surface area contributed by atoms with Crippen LogP contribution in [-0.2, 0) is 17.7 Å². The minimum absolute atomic E-state index is 0.362. The van der Waals surface area contributed by atoms with Crippen LogP contribution in [-0.4, -0.2) is 48.9 Å². The second kappa shape index (κ2) is 8.54. The SMILES string of the molecule is COc1nc2c(c(N3[C@@H]4CC[C@H]3C[C@@H](OC)C4)n1)CN(c1cc(C(C)C)ccc1C)CC2. The second-order valence-electron chi connectivity index (χ2n) is 9.95. The monoisotopic (exact) mass is 436 g/mol. The fourth-order valence-corrected chi connectivity index (χ4v) is 5.88. The molecule has 6 nitrogen and oxygen atoms in total. The Hall–Kier alpha value is -2.34. The third kappa shape index (κ3) is 3.72. The maximum atomic E-state index is 5.74. The quantitative estimate of drug-likeness (QED) is 0.681. The average Bonchev–Trinajstić information content (AvgIpc) is 3.06. The van der Waals surface area contributed by atoms with Gasteiger partial charge in [0.2, 0.25) is 0 Å². The van der Waals surface area contributed by atoms with Gasteiger partial charge in [-0.05, 0) is 55.7 Å². The van der Waals surface area contributed by atoms with E-state index in [4.69, 9.17) is 19.4 Å². The molecule has 3 aliphatic rings. The fraction of sp³-hybridized carbons (Fsp3) is 0.615. The zero-order valence-electron chi connectivity index (χ0n) is 20.1. The number of aromatic nitrogens is 2. The van der Waals surface area contributed by atoms with Crippen molar-refractivity contribution < 1.29 is 9.47 Å². The van der Waals surface area contributed by atoms with Gasteiger partial charge in [0.1, 0.15) is 5.82 Å². The van der Waals surface area contributed by atoms with Crippen LogP contribution in [0.3, 0.4) is 0 Å². The summed E-state index contributed by atoms with van der Waals surface area (Å²) in [6.07, 6.45) is 5.86. The van der Waals surface area contributed by atoms with Crippen molar-refractivity contribution in [2.45, 2.75) is 83.5 Å². The van der Waals surface area contributed by atoms with E-state index in [0.717, 1.165) is 43.9 Å². The van der Waals surface area contributed by atoms with Crippen molar-refractivity contribution >= 4 is 11.5 Å². The summed E-state index contributed by atoms with van der Waals surface area (Å²) in [5, 5.41) is 0. The molecule has 2 aromatic rings. The molecule has 0 unspecified atom stereocenters. The van der Waals surface area contributed by atoms with Crippen molar-refractivity contribution in [1.29, 1.82) is 0 Å². The van der Waals surface area contributed by atoms with Gasteiger partial charge in [-0.15, -0.1) is 0 Å². The molecule has 5 rings (SSSR count). The van der Waals surface area contributed by atoms with Gasteiger partial charge in [-0.3, -0.25) is 0 Å². The van der Waals surface area contributed by atoms with E-state index < -0.39 is 0 Å². The van der Waals surface area contributed by atoms with Crippen molar-refractivity contribution in [3.63, 3.8) is 0 Å². The maximum Gasteiger partial charge on any atom is 0.318 e. The van der Waals surface area contributed by atoms with Gasteiger partial charge >= 0.3 is 6.01 Å². The van der Waals surface area contributed by atoms with Crippen LogP contribution in [0.1, 0.15) is 67.8 Å². The Morgan fingerprint density at radius 2 is 1.81 bits per heavy atom. The summed E-state index contributed by atoms with van der Waals surface area (Å²) in [5.41, 5.74) is 6.48. The van der Waals surface area contributed by atoms with Crippen LogP contribution in [0.5, 0.6) is 6.01 Å². The number of rotatable bonds is 5. The predicted octanol–water partition coefficient (Wildman–Crippen LogP) is 4.63. The first-order chi connectivity index (χ1) is 15.5. The Morgan fingerprint density at radius 1 is 1.06 bits per heavy atom. The standard InChI is InChI=1S/C26H36N4O2/c1-16(2)18-7-6-17(3)24(12-18)29-11-10-23-22(15-29)25(28-26(27-23)32-5)30-19-8-9-20(30)14-21(13-19)31-4/h6-7,12,16,19-21H,8-11,13-15H2,1-5H3/t19-,20+,21+. The van der Waals surface area contributed by atoms with Gasteiger partial charge in [0.25, 0.3) is 0 Å². The van der Waals surface area contributed by atoms with E-state index in [9.17, 15) is 0 Å². The number of aryl methyl sites for hydroxylation is 1. The Labute approximate surface area is 191 Å². The van der Waals surface area contributed by atoms with Crippen molar-refractivity contribution in [2.24, 2.45) is 0 Å². The lowest BCUT2D eigenvalue weighted by Crippen LogP contribution is -2.47.